The monoisotopic (exact) mass is 125 g/mol. The molecular weight excluding hydrogens is 118 g/mol. The molecule has 1 heterocycles. The molecule has 1 rings (SSSR count). The van der Waals surface area contributed by atoms with E-state index in [0.29, 0.717) is 6.42 Å². The van der Waals surface area contributed by atoms with Crippen molar-refractivity contribution >= 4 is 0 Å². The molecule has 0 aromatic carbocycles. The molecule has 0 bridgehead atoms. The summed E-state index contributed by atoms with van der Waals surface area (Å²) in [5.41, 5.74) is 0. The summed E-state index contributed by atoms with van der Waals surface area (Å²) < 4.78 is 4.73. The molecule has 1 atom stereocenters. The molecule has 0 radical (unpaired) electrons. The number of rotatable bonds is 1. The lowest BCUT2D eigenvalue weighted by Crippen LogP contribution is -2.25. The fourth-order valence-corrected chi connectivity index (χ4v) is 0.693. The van der Waals surface area contributed by atoms with Gasteiger partial charge in [-0.05, 0) is 6.08 Å². The van der Waals surface area contributed by atoms with Crippen LogP contribution in [-0.4, -0.2) is 10.9 Å². The molecule has 48 valence electrons. The standard InChI is InChI=1S/C6H7NO2/c7-4-3-6(8)2-1-5-9-6/h1,5,8H,2-3H2. The molecule has 9 heavy (non-hydrogen) atoms. The van der Waals surface area contributed by atoms with Gasteiger partial charge in [0.05, 0.1) is 12.3 Å². The fraction of sp³-hybridized carbons (Fsp3) is 0.500. The summed E-state index contributed by atoms with van der Waals surface area (Å²) in [7, 11) is 0. The molecule has 0 saturated heterocycles. The number of hydrogen-bond donors (Lipinski definition) is 1. The largest absolute Gasteiger partial charge is 0.469 e. The van der Waals surface area contributed by atoms with Gasteiger partial charge >= 0.3 is 0 Å². The lowest BCUT2D eigenvalue weighted by atomic mass is 10.1. The highest BCUT2D eigenvalue weighted by Gasteiger charge is 2.29. The predicted molar refractivity (Wildman–Crippen MR) is 30.0 cm³/mol. The van der Waals surface area contributed by atoms with E-state index in [-0.39, 0.29) is 6.42 Å². The average molecular weight is 125 g/mol. The van der Waals surface area contributed by atoms with Crippen molar-refractivity contribution < 1.29 is 9.84 Å². The van der Waals surface area contributed by atoms with Crippen LogP contribution in [0, 0.1) is 11.3 Å². The minimum Gasteiger partial charge on any atom is -0.469 e. The zero-order valence-electron chi connectivity index (χ0n) is 4.87. The van der Waals surface area contributed by atoms with Crippen molar-refractivity contribution in [1.29, 1.82) is 5.26 Å². The van der Waals surface area contributed by atoms with Crippen molar-refractivity contribution in [3.8, 4) is 6.07 Å². The van der Waals surface area contributed by atoms with Gasteiger partial charge in [-0.25, -0.2) is 0 Å². The summed E-state index contributed by atoms with van der Waals surface area (Å²) in [6, 6.07) is 1.84. The molecule has 0 fully saturated rings. The molecular formula is C6H7NO2. The SMILES string of the molecule is N#CCC1(O)CC=CO1. The Morgan fingerprint density at radius 2 is 2.67 bits per heavy atom. The van der Waals surface area contributed by atoms with E-state index in [2.05, 4.69) is 0 Å². The van der Waals surface area contributed by atoms with Gasteiger partial charge in [-0.1, -0.05) is 0 Å². The van der Waals surface area contributed by atoms with Gasteiger partial charge in [-0.2, -0.15) is 5.26 Å². The maximum Gasteiger partial charge on any atom is 0.223 e. The summed E-state index contributed by atoms with van der Waals surface area (Å²) in [6.07, 6.45) is 3.55. The van der Waals surface area contributed by atoms with E-state index in [1.165, 1.54) is 6.26 Å². The van der Waals surface area contributed by atoms with E-state index in [4.69, 9.17) is 10.00 Å². The first-order valence-electron chi connectivity index (χ1n) is 2.69. The van der Waals surface area contributed by atoms with Crippen molar-refractivity contribution in [1.82, 2.24) is 0 Å². The lowest BCUT2D eigenvalue weighted by molar-refractivity contribution is -0.146. The van der Waals surface area contributed by atoms with Gasteiger partial charge in [0.2, 0.25) is 5.79 Å². The number of nitrogens with zero attached hydrogens (tertiary/aromatic N) is 1. The van der Waals surface area contributed by atoms with E-state index in [1.807, 2.05) is 6.07 Å². The highest BCUT2D eigenvalue weighted by molar-refractivity contribution is 4.95. The Bertz CT molecular complexity index is 160. The molecule has 1 unspecified atom stereocenters. The zero-order valence-corrected chi connectivity index (χ0v) is 4.87. The Balaban J connectivity index is 2.47. The first-order chi connectivity index (χ1) is 4.27. The van der Waals surface area contributed by atoms with Gasteiger partial charge in [0, 0.05) is 6.42 Å². The highest BCUT2D eigenvalue weighted by Crippen LogP contribution is 2.22. The molecule has 3 nitrogen and oxygen atoms in total. The molecule has 1 N–H and O–H groups in total. The molecule has 0 aromatic heterocycles. The van der Waals surface area contributed by atoms with E-state index >= 15 is 0 Å². The zero-order chi connectivity index (χ0) is 6.74. The Morgan fingerprint density at radius 1 is 1.89 bits per heavy atom. The first-order valence-corrected chi connectivity index (χ1v) is 2.69. The van der Waals surface area contributed by atoms with Gasteiger partial charge in [0.25, 0.3) is 0 Å². The maximum absolute atomic E-state index is 9.18. The summed E-state index contributed by atoms with van der Waals surface area (Å²) >= 11 is 0. The molecule has 0 spiro atoms. The molecule has 3 heteroatoms. The van der Waals surface area contributed by atoms with Crippen LogP contribution < -0.4 is 0 Å². The van der Waals surface area contributed by atoms with E-state index in [1.54, 1.807) is 6.08 Å². The average Bonchev–Trinajstić information content (AvgIpc) is 2.16. The quantitative estimate of drug-likeness (QED) is 0.556. The van der Waals surface area contributed by atoms with Crippen molar-refractivity contribution in [2.24, 2.45) is 0 Å². The second-order valence-corrected chi connectivity index (χ2v) is 1.97. The normalized spacial score (nSPS) is 31.6. The van der Waals surface area contributed by atoms with Crippen molar-refractivity contribution in [2.45, 2.75) is 18.6 Å². The van der Waals surface area contributed by atoms with Gasteiger partial charge in [0.15, 0.2) is 0 Å². The second kappa shape index (κ2) is 2.08. The van der Waals surface area contributed by atoms with E-state index < -0.39 is 5.79 Å². The summed E-state index contributed by atoms with van der Waals surface area (Å²) in [5.74, 6) is -1.23. The van der Waals surface area contributed by atoms with Crippen LogP contribution in [0.4, 0.5) is 0 Å². The van der Waals surface area contributed by atoms with Gasteiger partial charge < -0.3 is 9.84 Å². The third-order valence-electron chi connectivity index (χ3n) is 1.18. The Kier molecular flexibility index (Phi) is 1.41. The minimum absolute atomic E-state index is 0.0278. The van der Waals surface area contributed by atoms with Crippen LogP contribution in [0.3, 0.4) is 0 Å². The Hall–Kier alpha value is -1.01. The third-order valence-corrected chi connectivity index (χ3v) is 1.18. The summed E-state index contributed by atoms with van der Waals surface area (Å²) in [4.78, 5) is 0. The van der Waals surface area contributed by atoms with Gasteiger partial charge in [-0.15, -0.1) is 0 Å². The fourth-order valence-electron chi connectivity index (χ4n) is 0.693. The molecule has 1 aliphatic rings. The van der Waals surface area contributed by atoms with Crippen LogP contribution in [0.2, 0.25) is 0 Å². The van der Waals surface area contributed by atoms with Crippen LogP contribution in [0.1, 0.15) is 12.8 Å². The van der Waals surface area contributed by atoms with Crippen molar-refractivity contribution in [3.05, 3.63) is 12.3 Å². The van der Waals surface area contributed by atoms with Crippen LogP contribution in [-0.2, 0) is 4.74 Å². The van der Waals surface area contributed by atoms with Crippen LogP contribution >= 0.6 is 0 Å². The minimum atomic E-state index is -1.23. The molecule has 1 aliphatic heterocycles. The van der Waals surface area contributed by atoms with E-state index in [9.17, 15) is 5.11 Å². The van der Waals surface area contributed by atoms with Crippen molar-refractivity contribution in [2.75, 3.05) is 0 Å². The number of ether oxygens (including phenoxy) is 1. The predicted octanol–water partition coefficient (Wildman–Crippen LogP) is 0.523. The van der Waals surface area contributed by atoms with Crippen LogP contribution in [0.15, 0.2) is 12.3 Å². The number of nitriles is 1. The lowest BCUT2D eigenvalue weighted by Gasteiger charge is -2.17. The van der Waals surface area contributed by atoms with Gasteiger partial charge in [-0.3, -0.25) is 0 Å². The highest BCUT2D eigenvalue weighted by atomic mass is 16.6. The topological polar surface area (TPSA) is 53.2 Å². The maximum atomic E-state index is 9.18. The Morgan fingerprint density at radius 3 is 3.11 bits per heavy atom. The summed E-state index contributed by atoms with van der Waals surface area (Å²) in [5, 5.41) is 17.4. The smallest absolute Gasteiger partial charge is 0.223 e. The number of hydrogen-bond acceptors (Lipinski definition) is 3. The molecule has 0 amide bonds. The van der Waals surface area contributed by atoms with Gasteiger partial charge in [0.1, 0.15) is 6.42 Å². The van der Waals surface area contributed by atoms with Crippen LogP contribution in [0.5, 0.6) is 0 Å². The molecule has 0 saturated carbocycles. The third kappa shape index (κ3) is 1.21. The summed E-state index contributed by atoms with van der Waals surface area (Å²) in [6.45, 7) is 0. The first kappa shape index (κ1) is 6.12. The van der Waals surface area contributed by atoms with E-state index in [0.717, 1.165) is 0 Å². The van der Waals surface area contributed by atoms with Crippen LogP contribution in [0.25, 0.3) is 0 Å². The molecule has 0 aromatic rings. The van der Waals surface area contributed by atoms with Crippen molar-refractivity contribution in [3.63, 3.8) is 0 Å². The Labute approximate surface area is 53.2 Å². The number of aliphatic hydroxyl groups is 1. The second-order valence-electron chi connectivity index (χ2n) is 1.97. The molecule has 0 aliphatic carbocycles.